The number of piperidine rings is 1. The lowest BCUT2D eigenvalue weighted by Gasteiger charge is -2.31. The lowest BCUT2D eigenvalue weighted by Crippen LogP contribution is -2.49. The third kappa shape index (κ3) is 4.32. The summed E-state index contributed by atoms with van der Waals surface area (Å²) in [5.41, 5.74) is 1.99. The number of hydrogen-bond acceptors (Lipinski definition) is 3. The largest absolute Gasteiger partial charge is 0.357 e. The molecule has 1 aliphatic rings. The number of nitrogens with one attached hydrogen (secondary N) is 3. The highest BCUT2D eigenvalue weighted by Crippen LogP contribution is 2.15. The maximum atomic E-state index is 12.1. The van der Waals surface area contributed by atoms with E-state index in [2.05, 4.69) is 15.6 Å². The minimum atomic E-state index is -3.13. The first-order valence-corrected chi connectivity index (χ1v) is 10.2. The Hall–Kier alpha value is -2.06. The van der Waals surface area contributed by atoms with Crippen LogP contribution in [-0.4, -0.2) is 48.6 Å². The van der Waals surface area contributed by atoms with E-state index in [1.165, 1.54) is 4.31 Å². The summed E-state index contributed by atoms with van der Waals surface area (Å²) in [7, 11) is -3.13. The van der Waals surface area contributed by atoms with E-state index in [1.807, 2.05) is 30.3 Å². The molecule has 1 saturated heterocycles. The van der Waals surface area contributed by atoms with Crippen molar-refractivity contribution in [1.29, 1.82) is 0 Å². The zero-order valence-electron chi connectivity index (χ0n) is 14.3. The molecule has 1 aromatic carbocycles. The van der Waals surface area contributed by atoms with Crippen LogP contribution in [0.2, 0.25) is 0 Å². The fraction of sp³-hybridized carbons (Fsp3) is 0.471. The molecular formula is C17H24N4O3S. The zero-order chi connectivity index (χ0) is 17.9. The minimum absolute atomic E-state index is 0.00557. The molecule has 3 rings (SSSR count). The molecule has 136 valence electrons. The predicted molar refractivity (Wildman–Crippen MR) is 97.7 cm³/mol. The standard InChI is InChI=1S/C17H24N4O3S/c1-2-25(23,24)21-9-7-14(8-10-21)20-17(22)18-12-15-11-13-5-3-4-6-16(13)19-15/h3-6,11,14,19H,2,7-10,12H2,1H3,(H2,18,20,22). The Morgan fingerprint density at radius 1 is 1.28 bits per heavy atom. The molecule has 2 aromatic rings. The van der Waals surface area contributed by atoms with Gasteiger partial charge in [0.1, 0.15) is 0 Å². The SMILES string of the molecule is CCS(=O)(=O)N1CCC(NC(=O)NCc2cc3ccccc3[nH]2)CC1. The third-order valence-electron chi connectivity index (χ3n) is 4.57. The Labute approximate surface area is 147 Å². The number of aromatic amines is 1. The number of para-hydroxylation sites is 1. The molecule has 0 spiro atoms. The summed E-state index contributed by atoms with van der Waals surface area (Å²) in [6, 6.07) is 9.76. The van der Waals surface area contributed by atoms with E-state index in [4.69, 9.17) is 0 Å². The average molecular weight is 364 g/mol. The lowest BCUT2D eigenvalue weighted by molar-refractivity contribution is 0.227. The maximum absolute atomic E-state index is 12.1. The van der Waals surface area contributed by atoms with Crippen molar-refractivity contribution >= 4 is 27.0 Å². The first-order valence-electron chi connectivity index (χ1n) is 8.57. The highest BCUT2D eigenvalue weighted by molar-refractivity contribution is 7.89. The van der Waals surface area contributed by atoms with E-state index in [0.717, 1.165) is 16.6 Å². The Balaban J connectivity index is 1.45. The lowest BCUT2D eigenvalue weighted by atomic mass is 10.1. The normalized spacial score (nSPS) is 16.8. The molecule has 0 bridgehead atoms. The van der Waals surface area contributed by atoms with Gasteiger partial charge in [0.2, 0.25) is 10.0 Å². The van der Waals surface area contributed by atoms with E-state index in [1.54, 1.807) is 6.92 Å². The van der Waals surface area contributed by atoms with Crippen LogP contribution in [0.25, 0.3) is 10.9 Å². The van der Waals surface area contributed by atoms with Gasteiger partial charge in [-0.2, -0.15) is 0 Å². The van der Waals surface area contributed by atoms with Crippen LogP contribution in [0, 0.1) is 0 Å². The zero-order valence-corrected chi connectivity index (χ0v) is 15.1. The highest BCUT2D eigenvalue weighted by atomic mass is 32.2. The van der Waals surface area contributed by atoms with Crippen molar-refractivity contribution in [3.8, 4) is 0 Å². The molecule has 7 nitrogen and oxygen atoms in total. The van der Waals surface area contributed by atoms with Gasteiger partial charge in [-0.15, -0.1) is 0 Å². The second-order valence-electron chi connectivity index (χ2n) is 6.28. The van der Waals surface area contributed by atoms with Crippen LogP contribution < -0.4 is 10.6 Å². The van der Waals surface area contributed by atoms with Gasteiger partial charge in [0.25, 0.3) is 0 Å². The van der Waals surface area contributed by atoms with Crippen LogP contribution in [0.3, 0.4) is 0 Å². The first kappa shape index (κ1) is 17.8. The van der Waals surface area contributed by atoms with Gasteiger partial charge in [-0.3, -0.25) is 0 Å². The van der Waals surface area contributed by atoms with Crippen LogP contribution in [0.15, 0.2) is 30.3 Å². The first-order chi connectivity index (χ1) is 12.0. The minimum Gasteiger partial charge on any atom is -0.357 e. The molecule has 1 aliphatic heterocycles. The number of amides is 2. The second-order valence-corrected chi connectivity index (χ2v) is 8.54. The number of urea groups is 1. The molecule has 25 heavy (non-hydrogen) atoms. The summed E-state index contributed by atoms with van der Waals surface area (Å²) >= 11 is 0. The number of carbonyl (C=O) groups is 1. The maximum Gasteiger partial charge on any atom is 0.315 e. The van der Waals surface area contributed by atoms with Gasteiger partial charge in [0.15, 0.2) is 0 Å². The van der Waals surface area contributed by atoms with E-state index in [-0.39, 0.29) is 17.8 Å². The van der Waals surface area contributed by atoms with Crippen molar-refractivity contribution in [1.82, 2.24) is 19.9 Å². The molecule has 0 radical (unpaired) electrons. The van der Waals surface area contributed by atoms with E-state index in [0.29, 0.717) is 32.5 Å². The smallest absolute Gasteiger partial charge is 0.315 e. The number of rotatable bonds is 5. The second kappa shape index (κ2) is 7.45. The number of nitrogens with zero attached hydrogens (tertiary/aromatic N) is 1. The van der Waals surface area contributed by atoms with Gasteiger partial charge in [-0.05, 0) is 37.3 Å². The van der Waals surface area contributed by atoms with E-state index < -0.39 is 10.0 Å². The van der Waals surface area contributed by atoms with Crippen LogP contribution in [-0.2, 0) is 16.6 Å². The molecule has 0 saturated carbocycles. The number of aromatic nitrogens is 1. The Kier molecular flexibility index (Phi) is 5.29. The number of fused-ring (bicyclic) bond motifs is 1. The summed E-state index contributed by atoms with van der Waals surface area (Å²) in [5.74, 6) is 0.121. The van der Waals surface area contributed by atoms with Crippen molar-refractivity contribution in [2.24, 2.45) is 0 Å². The third-order valence-corrected chi connectivity index (χ3v) is 6.45. The molecular weight excluding hydrogens is 340 g/mol. The van der Waals surface area contributed by atoms with Gasteiger partial charge >= 0.3 is 6.03 Å². The summed E-state index contributed by atoms with van der Waals surface area (Å²) in [4.78, 5) is 15.3. The summed E-state index contributed by atoms with van der Waals surface area (Å²) < 4.78 is 25.2. The highest BCUT2D eigenvalue weighted by Gasteiger charge is 2.27. The molecule has 1 aromatic heterocycles. The monoisotopic (exact) mass is 364 g/mol. The molecule has 0 unspecified atom stereocenters. The summed E-state index contributed by atoms with van der Waals surface area (Å²) in [6.07, 6.45) is 1.28. The summed E-state index contributed by atoms with van der Waals surface area (Å²) in [6.45, 7) is 2.99. The van der Waals surface area contributed by atoms with E-state index in [9.17, 15) is 13.2 Å². The van der Waals surface area contributed by atoms with Crippen LogP contribution in [0.1, 0.15) is 25.5 Å². The average Bonchev–Trinajstić information content (AvgIpc) is 3.03. The topological polar surface area (TPSA) is 94.3 Å². The van der Waals surface area contributed by atoms with Gasteiger partial charge in [-0.25, -0.2) is 17.5 Å². The Bertz CT molecular complexity index is 805. The van der Waals surface area contributed by atoms with Crippen molar-refractivity contribution in [2.75, 3.05) is 18.8 Å². The summed E-state index contributed by atoms with van der Waals surface area (Å²) in [5, 5.41) is 6.89. The molecule has 3 N–H and O–H groups in total. The number of sulfonamides is 1. The van der Waals surface area contributed by atoms with Crippen molar-refractivity contribution < 1.29 is 13.2 Å². The predicted octanol–water partition coefficient (Wildman–Crippen LogP) is 1.78. The molecule has 1 fully saturated rings. The molecule has 2 heterocycles. The number of benzene rings is 1. The van der Waals surface area contributed by atoms with Gasteiger partial charge in [-0.1, -0.05) is 18.2 Å². The number of H-pyrrole nitrogens is 1. The molecule has 8 heteroatoms. The molecule has 0 atom stereocenters. The van der Waals surface area contributed by atoms with Gasteiger partial charge < -0.3 is 15.6 Å². The van der Waals surface area contributed by atoms with Crippen LogP contribution in [0.4, 0.5) is 4.79 Å². The molecule has 2 amide bonds. The van der Waals surface area contributed by atoms with Gasteiger partial charge in [0.05, 0.1) is 12.3 Å². The fourth-order valence-corrected chi connectivity index (χ4v) is 4.23. The number of carbonyl (C=O) groups excluding carboxylic acids is 1. The van der Waals surface area contributed by atoms with Crippen molar-refractivity contribution in [2.45, 2.75) is 32.4 Å². The fourth-order valence-electron chi connectivity index (χ4n) is 3.10. The van der Waals surface area contributed by atoms with Crippen LogP contribution >= 0.6 is 0 Å². The van der Waals surface area contributed by atoms with Crippen molar-refractivity contribution in [3.05, 3.63) is 36.0 Å². The molecule has 0 aliphatic carbocycles. The Morgan fingerprint density at radius 2 is 2.00 bits per heavy atom. The quantitative estimate of drug-likeness (QED) is 0.755. The van der Waals surface area contributed by atoms with Gasteiger partial charge in [0, 0.05) is 30.3 Å². The van der Waals surface area contributed by atoms with E-state index >= 15 is 0 Å². The Morgan fingerprint density at radius 3 is 2.68 bits per heavy atom. The van der Waals surface area contributed by atoms with Crippen LogP contribution in [0.5, 0.6) is 0 Å². The number of hydrogen-bond donors (Lipinski definition) is 3. The van der Waals surface area contributed by atoms with Crippen molar-refractivity contribution in [3.63, 3.8) is 0 Å².